The zero-order valence-corrected chi connectivity index (χ0v) is 19.2. The SMILES string of the molecule is CCS(=O)(=O)OC/C(F)=C/CO[Si](c1ccccc1)(c1ccccc1)C(C)(C)C. The van der Waals surface area contributed by atoms with Gasteiger partial charge in [0, 0.05) is 0 Å². The molecule has 0 unspecified atom stereocenters. The predicted octanol–water partition coefficient (Wildman–Crippen LogP) is 3.78. The van der Waals surface area contributed by atoms with Gasteiger partial charge in [0.2, 0.25) is 0 Å². The Morgan fingerprint density at radius 2 is 1.48 bits per heavy atom. The second kappa shape index (κ2) is 9.80. The number of benzene rings is 2. The fourth-order valence-electron chi connectivity index (χ4n) is 3.31. The van der Waals surface area contributed by atoms with Crippen molar-refractivity contribution in [2.45, 2.75) is 32.7 Å². The van der Waals surface area contributed by atoms with Crippen LogP contribution in [0.25, 0.3) is 0 Å². The van der Waals surface area contributed by atoms with Crippen molar-refractivity contribution in [1.82, 2.24) is 0 Å². The molecule has 0 atom stereocenters. The lowest BCUT2D eigenvalue weighted by Crippen LogP contribution is -2.66. The lowest BCUT2D eigenvalue weighted by Gasteiger charge is -2.42. The number of rotatable bonds is 9. The minimum absolute atomic E-state index is 0.0225. The maximum atomic E-state index is 14.2. The third-order valence-corrected chi connectivity index (χ3v) is 10.9. The van der Waals surface area contributed by atoms with Crippen molar-refractivity contribution in [2.24, 2.45) is 0 Å². The summed E-state index contributed by atoms with van der Waals surface area (Å²) in [5, 5.41) is 1.97. The highest BCUT2D eigenvalue weighted by Crippen LogP contribution is 2.36. The molecular formula is C22H29FO4SSi. The summed E-state index contributed by atoms with van der Waals surface area (Å²) >= 11 is 0. The number of hydrogen-bond acceptors (Lipinski definition) is 4. The lowest BCUT2D eigenvalue weighted by atomic mass is 10.2. The van der Waals surface area contributed by atoms with Gasteiger partial charge in [-0.05, 0) is 28.4 Å². The Bertz CT molecular complexity index is 867. The molecule has 0 fully saturated rings. The Morgan fingerprint density at radius 3 is 1.90 bits per heavy atom. The molecule has 0 aliphatic heterocycles. The molecule has 0 amide bonds. The van der Waals surface area contributed by atoms with E-state index in [2.05, 4.69) is 49.2 Å². The van der Waals surface area contributed by atoms with Crippen LogP contribution in [0.4, 0.5) is 4.39 Å². The molecule has 29 heavy (non-hydrogen) atoms. The summed E-state index contributed by atoms with van der Waals surface area (Å²) < 4.78 is 48.1. The van der Waals surface area contributed by atoms with Crippen LogP contribution >= 0.6 is 0 Å². The molecule has 2 rings (SSSR count). The van der Waals surface area contributed by atoms with Crippen LogP contribution < -0.4 is 10.4 Å². The summed E-state index contributed by atoms with van der Waals surface area (Å²) in [6, 6.07) is 20.1. The number of hydrogen-bond donors (Lipinski definition) is 0. The van der Waals surface area contributed by atoms with Gasteiger partial charge in [0.05, 0.1) is 12.4 Å². The van der Waals surface area contributed by atoms with Crippen molar-refractivity contribution < 1.29 is 21.4 Å². The van der Waals surface area contributed by atoms with Crippen molar-refractivity contribution in [3.63, 3.8) is 0 Å². The molecule has 0 saturated heterocycles. The average molecular weight is 437 g/mol. The fourth-order valence-corrected chi connectivity index (χ4v) is 8.25. The minimum atomic E-state index is -3.69. The van der Waals surface area contributed by atoms with Crippen molar-refractivity contribution in [1.29, 1.82) is 0 Å². The van der Waals surface area contributed by atoms with E-state index in [1.54, 1.807) is 0 Å². The Balaban J connectivity index is 2.35. The zero-order valence-electron chi connectivity index (χ0n) is 17.4. The first-order valence-electron chi connectivity index (χ1n) is 9.59. The molecule has 0 heterocycles. The van der Waals surface area contributed by atoms with E-state index < -0.39 is 30.9 Å². The van der Waals surface area contributed by atoms with E-state index in [-0.39, 0.29) is 17.4 Å². The van der Waals surface area contributed by atoms with E-state index in [1.165, 1.54) is 13.0 Å². The Kier molecular flexibility index (Phi) is 7.93. The van der Waals surface area contributed by atoms with Crippen LogP contribution in [0.3, 0.4) is 0 Å². The van der Waals surface area contributed by atoms with Gasteiger partial charge in [0.1, 0.15) is 12.4 Å². The molecule has 4 nitrogen and oxygen atoms in total. The van der Waals surface area contributed by atoms with E-state index in [4.69, 9.17) is 4.43 Å². The van der Waals surface area contributed by atoms with Crippen molar-refractivity contribution in [3.05, 3.63) is 72.6 Å². The van der Waals surface area contributed by atoms with Crippen LogP contribution in [-0.2, 0) is 18.7 Å². The van der Waals surface area contributed by atoms with E-state index in [0.717, 1.165) is 10.4 Å². The molecule has 0 aliphatic rings. The van der Waals surface area contributed by atoms with Crippen LogP contribution in [0.2, 0.25) is 5.04 Å². The summed E-state index contributed by atoms with van der Waals surface area (Å²) in [7, 11) is -6.44. The largest absolute Gasteiger partial charge is 0.404 e. The van der Waals surface area contributed by atoms with Crippen molar-refractivity contribution in [2.75, 3.05) is 19.0 Å². The second-order valence-electron chi connectivity index (χ2n) is 7.73. The molecule has 0 radical (unpaired) electrons. The van der Waals surface area contributed by atoms with E-state index in [9.17, 15) is 12.8 Å². The third kappa shape index (κ3) is 5.85. The van der Waals surface area contributed by atoms with Crippen molar-refractivity contribution >= 4 is 28.8 Å². The maximum absolute atomic E-state index is 14.2. The first kappa shape index (κ1) is 23.5. The highest BCUT2D eigenvalue weighted by molar-refractivity contribution is 7.86. The van der Waals surface area contributed by atoms with Crippen LogP contribution in [0.15, 0.2) is 72.6 Å². The smallest absolute Gasteiger partial charge is 0.267 e. The Hall–Kier alpha value is -1.80. The summed E-state index contributed by atoms with van der Waals surface area (Å²) in [4.78, 5) is 0. The van der Waals surface area contributed by atoms with Crippen molar-refractivity contribution in [3.8, 4) is 0 Å². The topological polar surface area (TPSA) is 52.6 Å². The molecule has 7 heteroatoms. The van der Waals surface area contributed by atoms with Crippen LogP contribution in [0.5, 0.6) is 0 Å². The standard InChI is InChI=1S/C22H29FO4SSi/c1-5-28(24,25)26-18-19(23)16-17-27-29(22(2,3)4,20-12-8-6-9-13-20)21-14-10-7-11-15-21/h6-16H,5,17-18H2,1-4H3/b19-16-. The highest BCUT2D eigenvalue weighted by Gasteiger charge is 2.49. The third-order valence-electron chi connectivity index (χ3n) is 4.75. The van der Waals surface area contributed by atoms with Gasteiger partial charge in [-0.15, -0.1) is 0 Å². The lowest BCUT2D eigenvalue weighted by molar-refractivity contribution is 0.307. The minimum Gasteiger partial charge on any atom is -0.404 e. The van der Waals surface area contributed by atoms with Crippen LogP contribution in [0, 0.1) is 0 Å². The maximum Gasteiger partial charge on any atom is 0.267 e. The van der Waals surface area contributed by atoms with Gasteiger partial charge in [-0.2, -0.15) is 8.42 Å². The molecule has 0 N–H and O–H groups in total. The monoisotopic (exact) mass is 436 g/mol. The molecule has 0 saturated carbocycles. The second-order valence-corrected chi connectivity index (χ2v) is 14.0. The van der Waals surface area contributed by atoms with Gasteiger partial charge in [-0.3, -0.25) is 4.18 Å². The normalized spacial score (nSPS) is 13.5. The van der Waals surface area contributed by atoms with Crippen LogP contribution in [-0.4, -0.2) is 35.7 Å². The first-order valence-corrected chi connectivity index (χ1v) is 13.1. The fraction of sp³-hybridized carbons (Fsp3) is 0.364. The summed E-state index contributed by atoms with van der Waals surface area (Å²) in [5.74, 6) is -0.862. The molecule has 2 aromatic carbocycles. The van der Waals surface area contributed by atoms with Gasteiger partial charge >= 0.3 is 0 Å². The van der Waals surface area contributed by atoms with Gasteiger partial charge in [-0.25, -0.2) is 4.39 Å². The Labute approximate surface area is 174 Å². The summed E-state index contributed by atoms with van der Waals surface area (Å²) in [6.07, 6.45) is 1.25. The molecule has 158 valence electrons. The average Bonchev–Trinajstić information content (AvgIpc) is 2.70. The highest BCUT2D eigenvalue weighted by atomic mass is 32.2. The van der Waals surface area contributed by atoms with Gasteiger partial charge in [0.25, 0.3) is 18.4 Å². The van der Waals surface area contributed by atoms with E-state index >= 15 is 0 Å². The summed E-state index contributed by atoms with van der Waals surface area (Å²) in [6.45, 7) is 7.26. The summed E-state index contributed by atoms with van der Waals surface area (Å²) in [5.41, 5.74) is 0. The Morgan fingerprint density at radius 1 is 1.00 bits per heavy atom. The quantitative estimate of drug-likeness (QED) is 0.443. The van der Waals surface area contributed by atoms with Gasteiger partial charge in [-0.1, -0.05) is 81.4 Å². The zero-order chi connectivity index (χ0) is 21.5. The van der Waals surface area contributed by atoms with E-state index in [0.29, 0.717) is 0 Å². The molecular weight excluding hydrogens is 407 g/mol. The number of halogens is 1. The molecule has 0 aromatic heterocycles. The molecule has 0 aliphatic carbocycles. The molecule has 0 spiro atoms. The van der Waals surface area contributed by atoms with E-state index in [1.807, 2.05) is 36.4 Å². The van der Waals surface area contributed by atoms with Crippen LogP contribution in [0.1, 0.15) is 27.7 Å². The first-order chi connectivity index (χ1) is 13.6. The molecule has 2 aromatic rings. The predicted molar refractivity (Wildman–Crippen MR) is 118 cm³/mol. The molecule has 0 bridgehead atoms. The van der Waals surface area contributed by atoms with Gasteiger partial charge < -0.3 is 4.43 Å². The van der Waals surface area contributed by atoms with Gasteiger partial charge in [0.15, 0.2) is 0 Å².